The van der Waals surface area contributed by atoms with E-state index in [1.165, 1.54) is 17.3 Å². The number of ether oxygens (including phenoxy) is 1. The number of hydrogen-bond acceptors (Lipinski definition) is 5. The summed E-state index contributed by atoms with van der Waals surface area (Å²) in [5, 5.41) is 12.6. The number of aromatic nitrogens is 3. The third-order valence-electron chi connectivity index (χ3n) is 4.75. The van der Waals surface area contributed by atoms with Crippen molar-refractivity contribution in [2.75, 3.05) is 11.1 Å². The Labute approximate surface area is 192 Å². The molecule has 1 heterocycles. The van der Waals surface area contributed by atoms with Gasteiger partial charge in [0.2, 0.25) is 5.91 Å². The number of carbonyl (C=O) groups excluding carboxylic acids is 1. The second kappa shape index (κ2) is 10.7. The molecular formula is C23H27ClN4O2S. The number of rotatable bonds is 9. The maximum Gasteiger partial charge on any atom is 0.234 e. The van der Waals surface area contributed by atoms with Crippen molar-refractivity contribution in [2.24, 2.45) is 0 Å². The van der Waals surface area contributed by atoms with Crippen LogP contribution in [-0.2, 0) is 17.9 Å². The number of benzene rings is 2. The molecule has 1 aromatic heterocycles. The first-order valence-corrected chi connectivity index (χ1v) is 11.6. The average molecular weight is 459 g/mol. The number of thioether (sulfide) groups is 1. The molecule has 0 radical (unpaired) electrons. The van der Waals surface area contributed by atoms with Crippen molar-refractivity contribution in [1.29, 1.82) is 0 Å². The lowest BCUT2D eigenvalue weighted by molar-refractivity contribution is -0.113. The van der Waals surface area contributed by atoms with Crippen LogP contribution in [0.2, 0.25) is 5.02 Å². The zero-order valence-electron chi connectivity index (χ0n) is 18.2. The number of anilines is 1. The van der Waals surface area contributed by atoms with Crippen LogP contribution in [0.4, 0.5) is 5.69 Å². The SMILES string of the molecule is CCn1c(COc2cc(C)ccc2Cl)nnc1SCC(=O)Nc1ccc(C(C)C)cc1. The lowest BCUT2D eigenvalue weighted by Crippen LogP contribution is -2.15. The van der Waals surface area contributed by atoms with Crippen LogP contribution in [0.1, 0.15) is 43.6 Å². The summed E-state index contributed by atoms with van der Waals surface area (Å²) in [6.07, 6.45) is 0. The largest absolute Gasteiger partial charge is 0.484 e. The van der Waals surface area contributed by atoms with E-state index in [1.807, 2.05) is 60.9 Å². The highest BCUT2D eigenvalue weighted by Crippen LogP contribution is 2.26. The van der Waals surface area contributed by atoms with Gasteiger partial charge in [-0.05, 0) is 55.2 Å². The van der Waals surface area contributed by atoms with Gasteiger partial charge >= 0.3 is 0 Å². The van der Waals surface area contributed by atoms with Gasteiger partial charge in [0.05, 0.1) is 10.8 Å². The molecule has 0 atom stereocenters. The van der Waals surface area contributed by atoms with Crippen LogP contribution in [-0.4, -0.2) is 26.4 Å². The quantitative estimate of drug-likeness (QED) is 0.417. The minimum absolute atomic E-state index is 0.0858. The van der Waals surface area contributed by atoms with Crippen molar-refractivity contribution >= 4 is 35.0 Å². The van der Waals surface area contributed by atoms with Crippen LogP contribution in [0.25, 0.3) is 0 Å². The molecule has 1 N–H and O–H groups in total. The minimum Gasteiger partial charge on any atom is -0.484 e. The number of aryl methyl sites for hydroxylation is 1. The van der Waals surface area contributed by atoms with Crippen LogP contribution in [0, 0.1) is 6.92 Å². The van der Waals surface area contributed by atoms with Crippen molar-refractivity contribution in [3.05, 3.63) is 64.4 Å². The molecule has 3 aromatic rings. The maximum absolute atomic E-state index is 12.4. The van der Waals surface area contributed by atoms with Gasteiger partial charge in [-0.3, -0.25) is 4.79 Å². The van der Waals surface area contributed by atoms with E-state index in [9.17, 15) is 4.79 Å². The topological polar surface area (TPSA) is 69.0 Å². The van der Waals surface area contributed by atoms with E-state index in [4.69, 9.17) is 16.3 Å². The average Bonchev–Trinajstić information content (AvgIpc) is 3.15. The van der Waals surface area contributed by atoms with Crippen LogP contribution in [0.15, 0.2) is 47.6 Å². The highest BCUT2D eigenvalue weighted by Gasteiger charge is 2.14. The van der Waals surface area contributed by atoms with Gasteiger partial charge < -0.3 is 14.6 Å². The zero-order valence-corrected chi connectivity index (χ0v) is 19.8. The second-order valence-corrected chi connectivity index (χ2v) is 8.83. The third-order valence-corrected chi connectivity index (χ3v) is 6.03. The van der Waals surface area contributed by atoms with Crippen molar-refractivity contribution in [3.63, 3.8) is 0 Å². The lowest BCUT2D eigenvalue weighted by Gasteiger charge is -2.11. The molecule has 0 bridgehead atoms. The lowest BCUT2D eigenvalue weighted by atomic mass is 10.0. The number of halogens is 1. The van der Waals surface area contributed by atoms with Crippen LogP contribution in [0.3, 0.4) is 0 Å². The number of nitrogens with one attached hydrogen (secondary N) is 1. The van der Waals surface area contributed by atoms with Gasteiger partial charge in [-0.1, -0.05) is 55.4 Å². The molecule has 2 aromatic carbocycles. The Kier molecular flexibility index (Phi) is 7.98. The van der Waals surface area contributed by atoms with E-state index in [0.717, 1.165) is 11.3 Å². The fraction of sp³-hybridized carbons (Fsp3) is 0.348. The maximum atomic E-state index is 12.4. The van der Waals surface area contributed by atoms with E-state index in [0.29, 0.717) is 34.2 Å². The van der Waals surface area contributed by atoms with Crippen LogP contribution >= 0.6 is 23.4 Å². The first-order valence-electron chi connectivity index (χ1n) is 10.2. The van der Waals surface area contributed by atoms with Gasteiger partial charge in [0.15, 0.2) is 11.0 Å². The van der Waals surface area contributed by atoms with E-state index < -0.39 is 0 Å². The number of hydrogen-bond donors (Lipinski definition) is 1. The highest BCUT2D eigenvalue weighted by molar-refractivity contribution is 7.99. The number of amides is 1. The van der Waals surface area contributed by atoms with Gasteiger partial charge in [0.1, 0.15) is 12.4 Å². The first kappa shape index (κ1) is 23.2. The Morgan fingerprint density at radius 1 is 1.19 bits per heavy atom. The van der Waals surface area contributed by atoms with Crippen molar-refractivity contribution in [3.8, 4) is 5.75 Å². The first-order chi connectivity index (χ1) is 14.9. The molecule has 31 heavy (non-hydrogen) atoms. The number of carbonyl (C=O) groups is 1. The zero-order chi connectivity index (χ0) is 22.4. The standard InChI is InChI=1S/C23H27ClN4O2S/c1-5-28-21(13-30-20-12-16(4)6-11-19(20)24)26-27-23(28)31-14-22(29)25-18-9-7-17(8-10-18)15(2)3/h6-12,15H,5,13-14H2,1-4H3,(H,25,29). The molecule has 1 amide bonds. The molecule has 0 spiro atoms. The molecular weight excluding hydrogens is 432 g/mol. The molecule has 6 nitrogen and oxygen atoms in total. The van der Waals surface area contributed by atoms with Crippen molar-refractivity contribution < 1.29 is 9.53 Å². The predicted octanol–water partition coefficient (Wildman–Crippen LogP) is 5.69. The predicted molar refractivity (Wildman–Crippen MR) is 126 cm³/mol. The summed E-state index contributed by atoms with van der Waals surface area (Å²) in [5.41, 5.74) is 3.10. The smallest absolute Gasteiger partial charge is 0.234 e. The monoisotopic (exact) mass is 458 g/mol. The fourth-order valence-electron chi connectivity index (χ4n) is 2.99. The second-order valence-electron chi connectivity index (χ2n) is 7.48. The summed E-state index contributed by atoms with van der Waals surface area (Å²) >= 11 is 7.55. The van der Waals surface area contributed by atoms with E-state index >= 15 is 0 Å². The van der Waals surface area contributed by atoms with E-state index in [-0.39, 0.29) is 18.3 Å². The van der Waals surface area contributed by atoms with Gasteiger partial charge in [-0.2, -0.15) is 0 Å². The molecule has 0 aliphatic rings. The summed E-state index contributed by atoms with van der Waals surface area (Å²) in [4.78, 5) is 12.4. The fourth-order valence-corrected chi connectivity index (χ4v) is 3.99. The van der Waals surface area contributed by atoms with Gasteiger partial charge in [0, 0.05) is 12.2 Å². The molecule has 8 heteroatoms. The van der Waals surface area contributed by atoms with E-state index in [1.54, 1.807) is 0 Å². The summed E-state index contributed by atoms with van der Waals surface area (Å²) < 4.78 is 7.79. The van der Waals surface area contributed by atoms with Gasteiger partial charge in [0.25, 0.3) is 0 Å². The number of nitrogens with zero attached hydrogens (tertiary/aromatic N) is 3. The molecule has 0 saturated carbocycles. The van der Waals surface area contributed by atoms with Crippen LogP contribution < -0.4 is 10.1 Å². The summed E-state index contributed by atoms with van der Waals surface area (Å²) in [5.74, 6) is 1.92. The molecule has 0 fully saturated rings. The van der Waals surface area contributed by atoms with E-state index in [2.05, 4.69) is 29.4 Å². The van der Waals surface area contributed by atoms with Crippen molar-refractivity contribution in [2.45, 2.75) is 51.9 Å². The molecule has 0 aliphatic heterocycles. The Morgan fingerprint density at radius 2 is 1.94 bits per heavy atom. The molecule has 0 saturated heterocycles. The molecule has 164 valence electrons. The molecule has 3 rings (SSSR count). The minimum atomic E-state index is -0.0858. The molecule has 0 aliphatic carbocycles. The Balaban J connectivity index is 1.57. The molecule has 0 unspecified atom stereocenters. The summed E-state index contributed by atoms with van der Waals surface area (Å²) in [6, 6.07) is 13.6. The Morgan fingerprint density at radius 3 is 2.61 bits per heavy atom. The Bertz CT molecular complexity index is 1030. The summed E-state index contributed by atoms with van der Waals surface area (Å²) in [6.45, 7) is 9.20. The van der Waals surface area contributed by atoms with Crippen LogP contribution in [0.5, 0.6) is 5.75 Å². The normalized spacial score (nSPS) is 11.0. The van der Waals surface area contributed by atoms with Gasteiger partial charge in [-0.15, -0.1) is 10.2 Å². The van der Waals surface area contributed by atoms with Crippen molar-refractivity contribution in [1.82, 2.24) is 14.8 Å². The Hall–Kier alpha value is -2.51. The highest BCUT2D eigenvalue weighted by atomic mass is 35.5. The van der Waals surface area contributed by atoms with Gasteiger partial charge in [-0.25, -0.2) is 0 Å². The third kappa shape index (κ3) is 6.24. The summed E-state index contributed by atoms with van der Waals surface area (Å²) in [7, 11) is 0.